The van der Waals surface area contributed by atoms with Gasteiger partial charge in [-0.3, -0.25) is 9.52 Å². The predicted molar refractivity (Wildman–Crippen MR) is 44.9 cm³/mol. The van der Waals surface area contributed by atoms with E-state index in [0.29, 0.717) is 12.3 Å². The number of hydrogen-bond acceptors (Lipinski definition) is 3. The maximum atomic E-state index is 11.0. The van der Waals surface area contributed by atoms with E-state index in [4.69, 9.17) is 0 Å². The minimum Gasteiger partial charge on any atom is -0.274 e. The van der Waals surface area contributed by atoms with Gasteiger partial charge in [-0.1, -0.05) is 13.8 Å². The zero-order chi connectivity index (χ0) is 9.35. The molecule has 0 aromatic heterocycles. The number of carbonyl (C=O) groups is 1. The molecular weight excluding hydrogens is 178 g/mol. The molecule has 1 unspecified atom stereocenters. The van der Waals surface area contributed by atoms with Crippen molar-refractivity contribution in [1.29, 1.82) is 0 Å². The van der Waals surface area contributed by atoms with Gasteiger partial charge in [0.25, 0.3) is 0 Å². The SMILES string of the molecule is CC(C)CC1CS(=O)(=O)NC1=O. The Morgan fingerprint density at radius 1 is 1.58 bits per heavy atom. The van der Waals surface area contributed by atoms with Crippen LogP contribution in [0.4, 0.5) is 0 Å². The standard InChI is InChI=1S/C7H13NO3S/c1-5(2)3-6-4-12(10,11)8-7(6)9/h5-6H,3-4H2,1-2H3,(H,8,9). The van der Waals surface area contributed by atoms with Gasteiger partial charge in [-0.05, 0) is 12.3 Å². The van der Waals surface area contributed by atoms with Crippen molar-refractivity contribution >= 4 is 15.9 Å². The van der Waals surface area contributed by atoms with Gasteiger partial charge in [0.2, 0.25) is 15.9 Å². The summed E-state index contributed by atoms with van der Waals surface area (Å²) in [4.78, 5) is 11.0. The van der Waals surface area contributed by atoms with E-state index in [2.05, 4.69) is 0 Å². The Labute approximate surface area is 72.4 Å². The van der Waals surface area contributed by atoms with Gasteiger partial charge in [0, 0.05) is 0 Å². The maximum Gasteiger partial charge on any atom is 0.237 e. The molecule has 0 saturated carbocycles. The molecule has 0 radical (unpaired) electrons. The fraction of sp³-hybridized carbons (Fsp3) is 0.857. The lowest BCUT2D eigenvalue weighted by atomic mass is 9.99. The molecule has 4 nitrogen and oxygen atoms in total. The number of rotatable bonds is 2. The van der Waals surface area contributed by atoms with E-state index in [9.17, 15) is 13.2 Å². The molecule has 1 fully saturated rings. The summed E-state index contributed by atoms with van der Waals surface area (Å²) in [5.41, 5.74) is 0. The summed E-state index contributed by atoms with van der Waals surface area (Å²) in [5.74, 6) is -0.364. The second-order valence-corrected chi connectivity index (χ2v) is 5.34. The van der Waals surface area contributed by atoms with Gasteiger partial charge in [0.15, 0.2) is 0 Å². The molecule has 1 heterocycles. The minimum atomic E-state index is -3.29. The van der Waals surface area contributed by atoms with Crippen LogP contribution < -0.4 is 4.72 Å². The highest BCUT2D eigenvalue weighted by Crippen LogP contribution is 2.18. The topological polar surface area (TPSA) is 63.2 Å². The third kappa shape index (κ3) is 2.20. The normalized spacial score (nSPS) is 27.6. The third-order valence-corrected chi connectivity index (χ3v) is 3.16. The lowest BCUT2D eigenvalue weighted by Gasteiger charge is -2.06. The Hall–Kier alpha value is -0.580. The summed E-state index contributed by atoms with van der Waals surface area (Å²) < 4.78 is 23.8. The number of nitrogens with one attached hydrogen (secondary N) is 1. The van der Waals surface area contributed by atoms with Crippen LogP contribution in [0.2, 0.25) is 0 Å². The van der Waals surface area contributed by atoms with Crippen LogP contribution >= 0.6 is 0 Å². The van der Waals surface area contributed by atoms with E-state index in [1.807, 2.05) is 18.6 Å². The largest absolute Gasteiger partial charge is 0.274 e. The van der Waals surface area contributed by atoms with Crippen LogP contribution in [0.15, 0.2) is 0 Å². The predicted octanol–water partition coefficient (Wildman–Crippen LogP) is 0.108. The molecule has 0 spiro atoms. The van der Waals surface area contributed by atoms with Gasteiger partial charge in [-0.25, -0.2) is 8.42 Å². The fourth-order valence-corrected chi connectivity index (χ4v) is 2.74. The molecule has 0 aromatic carbocycles. The van der Waals surface area contributed by atoms with E-state index in [-0.39, 0.29) is 17.6 Å². The van der Waals surface area contributed by atoms with Crippen molar-refractivity contribution < 1.29 is 13.2 Å². The van der Waals surface area contributed by atoms with Crippen molar-refractivity contribution in [3.8, 4) is 0 Å². The Morgan fingerprint density at radius 2 is 2.17 bits per heavy atom. The molecule has 1 saturated heterocycles. The van der Waals surface area contributed by atoms with E-state index >= 15 is 0 Å². The van der Waals surface area contributed by atoms with Crippen molar-refractivity contribution in [3.05, 3.63) is 0 Å². The first-order valence-electron chi connectivity index (χ1n) is 3.95. The summed E-state index contributed by atoms with van der Waals surface area (Å²) >= 11 is 0. The summed E-state index contributed by atoms with van der Waals surface area (Å²) in [7, 11) is -3.29. The Balaban J connectivity index is 2.65. The molecule has 1 atom stereocenters. The maximum absolute atomic E-state index is 11.0. The molecule has 70 valence electrons. The quantitative estimate of drug-likeness (QED) is 0.673. The zero-order valence-electron chi connectivity index (χ0n) is 7.20. The van der Waals surface area contributed by atoms with Crippen LogP contribution in [-0.2, 0) is 14.8 Å². The molecule has 0 aliphatic carbocycles. The van der Waals surface area contributed by atoms with Crippen LogP contribution in [0.25, 0.3) is 0 Å². The van der Waals surface area contributed by atoms with Gasteiger partial charge >= 0.3 is 0 Å². The average Bonchev–Trinajstić information content (AvgIpc) is 2.03. The van der Waals surface area contributed by atoms with Crippen LogP contribution in [0, 0.1) is 11.8 Å². The molecular formula is C7H13NO3S. The molecule has 5 heteroatoms. The molecule has 12 heavy (non-hydrogen) atoms. The minimum absolute atomic E-state index is 0.0377. The van der Waals surface area contributed by atoms with Crippen LogP contribution in [0.1, 0.15) is 20.3 Å². The van der Waals surface area contributed by atoms with Gasteiger partial charge < -0.3 is 0 Å². The highest BCUT2D eigenvalue weighted by molar-refractivity contribution is 7.90. The van der Waals surface area contributed by atoms with Crippen molar-refractivity contribution in [2.45, 2.75) is 20.3 Å². The van der Waals surface area contributed by atoms with Gasteiger partial charge in [-0.15, -0.1) is 0 Å². The molecule has 1 aliphatic heterocycles. The molecule has 1 aliphatic rings. The number of hydrogen-bond donors (Lipinski definition) is 1. The van der Waals surface area contributed by atoms with Crippen molar-refractivity contribution in [2.24, 2.45) is 11.8 Å². The van der Waals surface area contributed by atoms with Crippen molar-refractivity contribution in [1.82, 2.24) is 4.72 Å². The van der Waals surface area contributed by atoms with Crippen LogP contribution in [0.3, 0.4) is 0 Å². The van der Waals surface area contributed by atoms with Gasteiger partial charge in [0.1, 0.15) is 0 Å². The smallest absolute Gasteiger partial charge is 0.237 e. The summed E-state index contributed by atoms with van der Waals surface area (Å²) in [6.45, 7) is 3.94. The molecule has 0 bridgehead atoms. The second-order valence-electron chi connectivity index (χ2n) is 3.57. The Bertz CT molecular complexity index is 281. The molecule has 0 aromatic rings. The van der Waals surface area contributed by atoms with Gasteiger partial charge in [-0.2, -0.15) is 0 Å². The summed E-state index contributed by atoms with van der Waals surface area (Å²) in [6, 6.07) is 0. The molecule has 1 N–H and O–H groups in total. The van der Waals surface area contributed by atoms with Crippen molar-refractivity contribution in [2.75, 3.05) is 5.75 Å². The lowest BCUT2D eigenvalue weighted by molar-refractivity contribution is -0.122. The van der Waals surface area contributed by atoms with Crippen LogP contribution in [0.5, 0.6) is 0 Å². The van der Waals surface area contributed by atoms with Gasteiger partial charge in [0.05, 0.1) is 11.7 Å². The second kappa shape index (κ2) is 3.05. The summed E-state index contributed by atoms with van der Waals surface area (Å²) in [6.07, 6.45) is 0.644. The Morgan fingerprint density at radius 3 is 2.50 bits per heavy atom. The molecule has 1 rings (SSSR count). The Kier molecular flexibility index (Phi) is 2.41. The number of amides is 1. The van der Waals surface area contributed by atoms with E-state index in [0.717, 1.165) is 0 Å². The zero-order valence-corrected chi connectivity index (χ0v) is 8.02. The first-order chi connectivity index (χ1) is 5.41. The summed E-state index contributed by atoms with van der Waals surface area (Å²) in [5, 5.41) is 0. The van der Waals surface area contributed by atoms with Crippen molar-refractivity contribution in [3.63, 3.8) is 0 Å². The van der Waals surface area contributed by atoms with Crippen LogP contribution in [-0.4, -0.2) is 20.1 Å². The third-order valence-electron chi connectivity index (χ3n) is 1.80. The van der Waals surface area contributed by atoms with E-state index in [1.165, 1.54) is 0 Å². The first-order valence-corrected chi connectivity index (χ1v) is 5.60. The average molecular weight is 191 g/mol. The van der Waals surface area contributed by atoms with E-state index < -0.39 is 10.0 Å². The lowest BCUT2D eigenvalue weighted by Crippen LogP contribution is -2.22. The monoisotopic (exact) mass is 191 g/mol. The number of carbonyl (C=O) groups excluding carboxylic acids is 1. The fourth-order valence-electron chi connectivity index (χ4n) is 1.36. The number of sulfonamides is 1. The van der Waals surface area contributed by atoms with E-state index in [1.54, 1.807) is 0 Å². The molecule has 1 amide bonds. The highest BCUT2D eigenvalue weighted by atomic mass is 32.2. The highest BCUT2D eigenvalue weighted by Gasteiger charge is 2.35. The first kappa shape index (κ1) is 9.51.